The van der Waals surface area contributed by atoms with Gasteiger partial charge in [0.15, 0.2) is 0 Å². The first-order valence-electron chi connectivity index (χ1n) is 9.85. The summed E-state index contributed by atoms with van der Waals surface area (Å²) >= 11 is 5.88. The lowest BCUT2D eigenvalue weighted by Crippen LogP contribution is -2.24. The van der Waals surface area contributed by atoms with Crippen LogP contribution >= 0.6 is 11.6 Å². The van der Waals surface area contributed by atoms with Gasteiger partial charge in [-0.1, -0.05) is 29.8 Å². The van der Waals surface area contributed by atoms with Crippen molar-refractivity contribution in [3.63, 3.8) is 0 Å². The van der Waals surface area contributed by atoms with Crippen molar-refractivity contribution in [3.8, 4) is 0 Å². The molecule has 0 fully saturated rings. The van der Waals surface area contributed by atoms with Crippen LogP contribution < -0.4 is 16.0 Å². The highest BCUT2D eigenvalue weighted by molar-refractivity contribution is 6.30. The van der Waals surface area contributed by atoms with Gasteiger partial charge < -0.3 is 20.9 Å². The Labute approximate surface area is 191 Å². The van der Waals surface area contributed by atoms with Gasteiger partial charge in [-0.2, -0.15) is 0 Å². The van der Waals surface area contributed by atoms with E-state index in [2.05, 4.69) is 16.0 Å². The molecule has 0 aliphatic carbocycles. The maximum Gasteiger partial charge on any atom is 0.257 e. The molecule has 32 heavy (non-hydrogen) atoms. The molecular weight excluding hydrogens is 428 g/mol. The summed E-state index contributed by atoms with van der Waals surface area (Å²) in [6.45, 7) is -0.0584. The number of nitrogens with zero attached hydrogens (tertiary/aromatic N) is 1. The molecule has 0 aliphatic heterocycles. The first kappa shape index (κ1) is 22.8. The lowest BCUT2D eigenvalue weighted by molar-refractivity contribution is -0.114. The van der Waals surface area contributed by atoms with Crippen LogP contribution in [0.25, 0.3) is 0 Å². The van der Waals surface area contributed by atoms with Gasteiger partial charge in [0.2, 0.25) is 5.91 Å². The second-order valence-corrected chi connectivity index (χ2v) is 7.63. The highest BCUT2D eigenvalue weighted by Gasteiger charge is 2.13. The maximum atomic E-state index is 12.7. The molecule has 164 valence electrons. The van der Waals surface area contributed by atoms with Gasteiger partial charge >= 0.3 is 0 Å². The number of anilines is 3. The van der Waals surface area contributed by atoms with Crippen molar-refractivity contribution in [2.75, 3.05) is 36.6 Å². The Kier molecular flexibility index (Phi) is 7.46. The minimum atomic E-state index is -0.314. The number of hydrogen-bond acceptors (Lipinski definition) is 4. The van der Waals surface area contributed by atoms with Crippen LogP contribution in [0.5, 0.6) is 0 Å². The molecule has 3 amide bonds. The number of rotatable bonds is 7. The quantitative estimate of drug-likeness (QED) is 0.499. The fourth-order valence-corrected chi connectivity index (χ4v) is 3.06. The van der Waals surface area contributed by atoms with Crippen LogP contribution in [0.4, 0.5) is 17.1 Å². The van der Waals surface area contributed by atoms with Crippen LogP contribution in [0, 0.1) is 0 Å². The minimum absolute atomic E-state index is 0.0584. The van der Waals surface area contributed by atoms with E-state index in [0.29, 0.717) is 33.2 Å². The number of amides is 3. The Hall–Kier alpha value is -3.84. The first-order chi connectivity index (χ1) is 15.3. The second kappa shape index (κ2) is 10.5. The summed E-state index contributed by atoms with van der Waals surface area (Å²) in [6.07, 6.45) is 0. The number of carbonyl (C=O) groups excluding carboxylic acids is 3. The molecular formula is C24H23ClN4O3. The van der Waals surface area contributed by atoms with Crippen molar-refractivity contribution in [3.05, 3.63) is 88.9 Å². The number of nitrogens with one attached hydrogen (secondary N) is 3. The molecule has 0 spiro atoms. The van der Waals surface area contributed by atoms with E-state index in [1.54, 1.807) is 86.9 Å². The molecule has 0 saturated carbocycles. The predicted molar refractivity (Wildman–Crippen MR) is 127 cm³/mol. The molecule has 3 aromatic rings. The summed E-state index contributed by atoms with van der Waals surface area (Å²) in [6, 6.07) is 20.4. The summed E-state index contributed by atoms with van der Waals surface area (Å²) in [5.41, 5.74) is 2.52. The van der Waals surface area contributed by atoms with Crippen molar-refractivity contribution >= 4 is 46.4 Å². The molecule has 3 N–H and O–H groups in total. The second-order valence-electron chi connectivity index (χ2n) is 7.19. The average Bonchev–Trinajstić information content (AvgIpc) is 2.79. The Bertz CT molecular complexity index is 1130. The average molecular weight is 451 g/mol. The fraction of sp³-hybridized carbons (Fsp3) is 0.125. The smallest absolute Gasteiger partial charge is 0.257 e. The molecule has 3 aromatic carbocycles. The summed E-state index contributed by atoms with van der Waals surface area (Å²) < 4.78 is 0. The largest absolute Gasteiger partial charge is 0.376 e. The zero-order valence-corrected chi connectivity index (χ0v) is 18.4. The number of carbonyl (C=O) groups is 3. The van der Waals surface area contributed by atoms with E-state index in [1.165, 1.54) is 4.90 Å². The zero-order chi connectivity index (χ0) is 23.1. The van der Waals surface area contributed by atoms with E-state index in [-0.39, 0.29) is 24.3 Å². The monoisotopic (exact) mass is 450 g/mol. The third-order valence-corrected chi connectivity index (χ3v) is 4.76. The maximum absolute atomic E-state index is 12.7. The van der Waals surface area contributed by atoms with E-state index in [9.17, 15) is 14.4 Å². The molecule has 0 saturated heterocycles. The van der Waals surface area contributed by atoms with Crippen molar-refractivity contribution < 1.29 is 14.4 Å². The third-order valence-electron chi connectivity index (χ3n) is 4.51. The van der Waals surface area contributed by atoms with Gasteiger partial charge in [0.25, 0.3) is 11.8 Å². The van der Waals surface area contributed by atoms with Crippen LogP contribution in [-0.4, -0.2) is 43.3 Å². The van der Waals surface area contributed by atoms with E-state index in [1.807, 2.05) is 0 Å². The van der Waals surface area contributed by atoms with Crippen LogP contribution in [0.2, 0.25) is 5.02 Å². The van der Waals surface area contributed by atoms with Gasteiger partial charge in [-0.3, -0.25) is 14.4 Å². The minimum Gasteiger partial charge on any atom is -0.376 e. The van der Waals surface area contributed by atoms with Crippen molar-refractivity contribution in [1.82, 2.24) is 4.90 Å². The van der Waals surface area contributed by atoms with Gasteiger partial charge in [0.05, 0.1) is 12.1 Å². The molecule has 0 bridgehead atoms. The SMILES string of the molecule is CN(C)C(=O)c1cccc(NC(=O)CNc2ccccc2C(=O)Nc2ccc(Cl)cc2)c1. The van der Waals surface area contributed by atoms with Crippen LogP contribution in [-0.2, 0) is 4.79 Å². The van der Waals surface area contributed by atoms with Crippen LogP contribution in [0.1, 0.15) is 20.7 Å². The number of halogens is 1. The van der Waals surface area contributed by atoms with Gasteiger partial charge in [-0.15, -0.1) is 0 Å². The Morgan fingerprint density at radius 1 is 0.844 bits per heavy atom. The molecule has 0 aromatic heterocycles. The van der Waals surface area contributed by atoms with Gasteiger partial charge in [-0.25, -0.2) is 0 Å². The fourth-order valence-electron chi connectivity index (χ4n) is 2.94. The van der Waals surface area contributed by atoms with Crippen LogP contribution in [0.15, 0.2) is 72.8 Å². The third kappa shape index (κ3) is 6.09. The van der Waals surface area contributed by atoms with E-state index in [0.717, 1.165) is 0 Å². The Morgan fingerprint density at radius 2 is 1.56 bits per heavy atom. The predicted octanol–water partition coefficient (Wildman–Crippen LogP) is 4.34. The topological polar surface area (TPSA) is 90.5 Å². The van der Waals surface area contributed by atoms with Gasteiger partial charge in [0, 0.05) is 41.7 Å². The molecule has 0 aliphatic rings. The summed E-state index contributed by atoms with van der Waals surface area (Å²) in [5.74, 6) is -0.780. The van der Waals surface area contributed by atoms with Crippen LogP contribution in [0.3, 0.4) is 0 Å². The molecule has 0 atom stereocenters. The summed E-state index contributed by atoms with van der Waals surface area (Å²) in [7, 11) is 3.33. The van der Waals surface area contributed by atoms with Gasteiger partial charge in [0.1, 0.15) is 0 Å². The van der Waals surface area contributed by atoms with E-state index >= 15 is 0 Å². The lowest BCUT2D eigenvalue weighted by Gasteiger charge is -2.13. The number of para-hydroxylation sites is 1. The number of benzene rings is 3. The molecule has 0 radical (unpaired) electrons. The summed E-state index contributed by atoms with van der Waals surface area (Å²) in [5, 5.41) is 9.13. The molecule has 3 rings (SSSR count). The molecule has 0 heterocycles. The van der Waals surface area contributed by atoms with E-state index in [4.69, 9.17) is 11.6 Å². The van der Waals surface area contributed by atoms with Gasteiger partial charge in [-0.05, 0) is 54.6 Å². The Balaban J connectivity index is 1.63. The normalized spacial score (nSPS) is 10.2. The van der Waals surface area contributed by atoms with Crippen molar-refractivity contribution in [2.45, 2.75) is 0 Å². The van der Waals surface area contributed by atoms with Crippen molar-refractivity contribution in [1.29, 1.82) is 0 Å². The lowest BCUT2D eigenvalue weighted by atomic mass is 10.1. The number of hydrogen-bond donors (Lipinski definition) is 3. The standard InChI is InChI=1S/C24H23ClN4O3/c1-29(2)24(32)16-6-5-7-19(14-16)27-22(30)15-26-21-9-4-3-8-20(21)23(31)28-18-12-10-17(25)11-13-18/h3-14,26H,15H2,1-2H3,(H,27,30)(H,28,31). The highest BCUT2D eigenvalue weighted by Crippen LogP contribution is 2.19. The van der Waals surface area contributed by atoms with Crippen molar-refractivity contribution in [2.24, 2.45) is 0 Å². The summed E-state index contributed by atoms with van der Waals surface area (Å²) in [4.78, 5) is 38.7. The highest BCUT2D eigenvalue weighted by atomic mass is 35.5. The first-order valence-corrected chi connectivity index (χ1v) is 10.2. The Morgan fingerprint density at radius 3 is 2.28 bits per heavy atom. The molecule has 7 nitrogen and oxygen atoms in total. The zero-order valence-electron chi connectivity index (χ0n) is 17.7. The molecule has 8 heteroatoms. The van der Waals surface area contributed by atoms with E-state index < -0.39 is 0 Å². The molecule has 0 unspecified atom stereocenters.